The van der Waals surface area contributed by atoms with E-state index in [1.807, 2.05) is 13.8 Å². The van der Waals surface area contributed by atoms with E-state index in [-0.39, 0.29) is 12.5 Å². The maximum atomic E-state index is 11.6. The number of carboxylic acids is 2. The number of aliphatic hydroxyl groups excluding tert-OH is 1. The summed E-state index contributed by atoms with van der Waals surface area (Å²) in [4.78, 5) is 33.1. The van der Waals surface area contributed by atoms with Crippen LogP contribution in [0.15, 0.2) is 0 Å². The second kappa shape index (κ2) is 10.1. The molecule has 0 amide bonds. The lowest BCUT2D eigenvalue weighted by molar-refractivity contribution is -0.167. The molecule has 7 nitrogen and oxygen atoms in total. The smallest absolute Gasteiger partial charge is 0.335 e. The van der Waals surface area contributed by atoms with Gasteiger partial charge < -0.3 is 20.1 Å². The lowest BCUT2D eigenvalue weighted by Crippen LogP contribution is -2.38. The molecule has 0 aromatic heterocycles. The van der Waals surface area contributed by atoms with E-state index < -0.39 is 36.4 Å². The molecular formula is C14H24O7. The first-order valence-corrected chi connectivity index (χ1v) is 7.12. The molecule has 122 valence electrons. The van der Waals surface area contributed by atoms with Crippen LogP contribution in [0.4, 0.5) is 0 Å². The minimum absolute atomic E-state index is 0.103. The third-order valence-electron chi connectivity index (χ3n) is 3.34. The predicted octanol–water partition coefficient (Wildman–Crippen LogP) is 1.28. The highest BCUT2D eigenvalue weighted by Gasteiger charge is 2.35. The molecule has 0 aliphatic carbocycles. The number of hydrogen-bond acceptors (Lipinski definition) is 5. The van der Waals surface area contributed by atoms with Crippen molar-refractivity contribution in [3.8, 4) is 0 Å². The molecule has 0 spiro atoms. The van der Waals surface area contributed by atoms with Gasteiger partial charge >= 0.3 is 17.9 Å². The van der Waals surface area contributed by atoms with Crippen LogP contribution in [0.3, 0.4) is 0 Å². The first kappa shape index (κ1) is 19.4. The second-order valence-corrected chi connectivity index (χ2v) is 5.03. The lowest BCUT2D eigenvalue weighted by Gasteiger charge is -2.19. The second-order valence-electron chi connectivity index (χ2n) is 5.03. The van der Waals surface area contributed by atoms with E-state index in [0.717, 1.165) is 25.7 Å². The van der Waals surface area contributed by atoms with Crippen molar-refractivity contribution < 1.29 is 34.4 Å². The number of aliphatic carboxylic acids is 2. The first-order valence-electron chi connectivity index (χ1n) is 7.12. The van der Waals surface area contributed by atoms with E-state index in [1.165, 1.54) is 0 Å². The monoisotopic (exact) mass is 304 g/mol. The molecule has 3 unspecified atom stereocenters. The van der Waals surface area contributed by atoms with Gasteiger partial charge in [-0.25, -0.2) is 4.79 Å². The average Bonchev–Trinajstić information content (AvgIpc) is 2.43. The van der Waals surface area contributed by atoms with Gasteiger partial charge in [-0.3, -0.25) is 9.59 Å². The van der Waals surface area contributed by atoms with Crippen LogP contribution in [0.2, 0.25) is 0 Å². The maximum absolute atomic E-state index is 11.6. The Balaban J connectivity index is 4.46. The summed E-state index contributed by atoms with van der Waals surface area (Å²) in [5.74, 6) is -5.57. The summed E-state index contributed by atoms with van der Waals surface area (Å²) in [6, 6.07) is 0. The molecule has 0 heterocycles. The Kier molecular flexibility index (Phi) is 9.36. The van der Waals surface area contributed by atoms with E-state index in [2.05, 4.69) is 0 Å². The van der Waals surface area contributed by atoms with Crippen LogP contribution in [0.25, 0.3) is 0 Å². The number of hydrogen-bond donors (Lipinski definition) is 3. The number of carbonyl (C=O) groups excluding carboxylic acids is 1. The topological polar surface area (TPSA) is 121 Å². The molecule has 0 aliphatic heterocycles. The molecule has 0 saturated carbocycles. The van der Waals surface area contributed by atoms with Crippen molar-refractivity contribution in [2.24, 2.45) is 11.8 Å². The third-order valence-corrected chi connectivity index (χ3v) is 3.34. The molecule has 21 heavy (non-hydrogen) atoms. The number of ether oxygens (including phenoxy) is 1. The summed E-state index contributed by atoms with van der Waals surface area (Å²) >= 11 is 0. The van der Waals surface area contributed by atoms with Crippen LogP contribution < -0.4 is 0 Å². The van der Waals surface area contributed by atoms with Gasteiger partial charge in [-0.1, -0.05) is 33.1 Å². The molecule has 0 bridgehead atoms. The van der Waals surface area contributed by atoms with E-state index in [9.17, 15) is 19.5 Å². The Hall–Kier alpha value is -1.63. The minimum atomic E-state index is -1.97. The SMILES string of the molecule is CCCCC(CC)COC(=O)C(O)C(CC(=O)O)C(=O)O. The standard InChI is InChI=1S/C14H24O7/c1-3-5-6-9(4-2)8-21-14(20)12(17)10(13(18)19)7-11(15)16/h9-10,12,17H,3-8H2,1-2H3,(H,15,16)(H,18,19). The quantitative estimate of drug-likeness (QED) is 0.491. The zero-order chi connectivity index (χ0) is 16.4. The van der Waals surface area contributed by atoms with Crippen LogP contribution in [0, 0.1) is 11.8 Å². The summed E-state index contributed by atoms with van der Waals surface area (Å²) < 4.78 is 4.92. The molecule has 0 aliphatic rings. The summed E-state index contributed by atoms with van der Waals surface area (Å²) in [6.45, 7) is 4.10. The van der Waals surface area contributed by atoms with Crippen molar-refractivity contribution in [2.75, 3.05) is 6.61 Å². The largest absolute Gasteiger partial charge is 0.481 e. The van der Waals surface area contributed by atoms with E-state index in [1.54, 1.807) is 0 Å². The molecule has 0 fully saturated rings. The zero-order valence-corrected chi connectivity index (χ0v) is 12.4. The van der Waals surface area contributed by atoms with Crippen LogP contribution in [-0.2, 0) is 19.1 Å². The van der Waals surface area contributed by atoms with Gasteiger partial charge in [0.15, 0.2) is 6.10 Å². The van der Waals surface area contributed by atoms with Gasteiger partial charge in [0.25, 0.3) is 0 Å². The van der Waals surface area contributed by atoms with Gasteiger partial charge in [-0.05, 0) is 12.3 Å². The number of aliphatic hydroxyl groups is 1. The van der Waals surface area contributed by atoms with Crippen molar-refractivity contribution in [3.05, 3.63) is 0 Å². The van der Waals surface area contributed by atoms with Gasteiger partial charge in [0.2, 0.25) is 0 Å². The highest BCUT2D eigenvalue weighted by Crippen LogP contribution is 2.15. The zero-order valence-electron chi connectivity index (χ0n) is 12.4. The molecule has 0 saturated heterocycles. The van der Waals surface area contributed by atoms with Crippen molar-refractivity contribution in [3.63, 3.8) is 0 Å². The number of unbranched alkanes of at least 4 members (excludes halogenated alkanes) is 1. The molecular weight excluding hydrogens is 280 g/mol. The Morgan fingerprint density at radius 1 is 1.14 bits per heavy atom. The average molecular weight is 304 g/mol. The molecule has 0 radical (unpaired) electrons. The van der Waals surface area contributed by atoms with Crippen molar-refractivity contribution in [1.82, 2.24) is 0 Å². The Labute approximate surface area is 123 Å². The van der Waals surface area contributed by atoms with Gasteiger partial charge in [-0.15, -0.1) is 0 Å². The Morgan fingerprint density at radius 3 is 2.19 bits per heavy atom. The van der Waals surface area contributed by atoms with E-state index >= 15 is 0 Å². The van der Waals surface area contributed by atoms with Crippen molar-refractivity contribution in [1.29, 1.82) is 0 Å². The van der Waals surface area contributed by atoms with Crippen LogP contribution in [-0.4, -0.2) is 45.9 Å². The lowest BCUT2D eigenvalue weighted by atomic mass is 9.98. The highest BCUT2D eigenvalue weighted by atomic mass is 16.5. The highest BCUT2D eigenvalue weighted by molar-refractivity contribution is 5.85. The van der Waals surface area contributed by atoms with Crippen LogP contribution >= 0.6 is 0 Å². The number of carbonyl (C=O) groups is 3. The number of rotatable bonds is 11. The van der Waals surface area contributed by atoms with Crippen molar-refractivity contribution in [2.45, 2.75) is 52.1 Å². The van der Waals surface area contributed by atoms with Gasteiger partial charge in [0.1, 0.15) is 5.92 Å². The van der Waals surface area contributed by atoms with E-state index in [4.69, 9.17) is 14.9 Å². The predicted molar refractivity (Wildman–Crippen MR) is 73.7 cm³/mol. The Morgan fingerprint density at radius 2 is 1.76 bits per heavy atom. The maximum Gasteiger partial charge on any atom is 0.335 e. The van der Waals surface area contributed by atoms with Crippen LogP contribution in [0.5, 0.6) is 0 Å². The third kappa shape index (κ3) is 7.65. The van der Waals surface area contributed by atoms with Gasteiger partial charge in [-0.2, -0.15) is 0 Å². The number of carboxylic acid groups (broad SMARTS) is 2. The first-order chi connectivity index (χ1) is 9.83. The fourth-order valence-corrected chi connectivity index (χ4v) is 1.87. The fraction of sp³-hybridized carbons (Fsp3) is 0.786. The minimum Gasteiger partial charge on any atom is -0.481 e. The molecule has 0 rings (SSSR count). The summed E-state index contributed by atoms with van der Waals surface area (Å²) in [5, 5.41) is 27.1. The summed E-state index contributed by atoms with van der Waals surface area (Å²) in [6.07, 6.45) is 0.900. The normalized spacial score (nSPS) is 15.0. The van der Waals surface area contributed by atoms with Crippen molar-refractivity contribution >= 4 is 17.9 Å². The molecule has 7 heteroatoms. The Bertz CT molecular complexity index is 353. The van der Waals surface area contributed by atoms with Crippen LogP contribution in [0.1, 0.15) is 46.0 Å². The fourth-order valence-electron chi connectivity index (χ4n) is 1.87. The molecule has 0 aromatic rings. The molecule has 3 N–H and O–H groups in total. The van der Waals surface area contributed by atoms with Gasteiger partial charge in [0.05, 0.1) is 13.0 Å². The summed E-state index contributed by atoms with van der Waals surface area (Å²) in [5.41, 5.74) is 0. The molecule has 3 atom stereocenters. The van der Waals surface area contributed by atoms with E-state index in [0.29, 0.717) is 0 Å². The number of esters is 1. The molecule has 0 aromatic carbocycles. The summed E-state index contributed by atoms with van der Waals surface area (Å²) in [7, 11) is 0. The van der Waals surface area contributed by atoms with Gasteiger partial charge in [0, 0.05) is 0 Å².